The third kappa shape index (κ3) is 7.69. The van der Waals surface area contributed by atoms with Crippen LogP contribution in [0.4, 0.5) is 5.69 Å². The largest absolute Gasteiger partial charge is 0.485 e. The van der Waals surface area contributed by atoms with E-state index in [1.165, 1.54) is 12.1 Å². The Morgan fingerprint density at radius 1 is 0.857 bits per heavy atom. The van der Waals surface area contributed by atoms with Gasteiger partial charge in [0.1, 0.15) is 25.4 Å². The molecule has 2 unspecified atom stereocenters. The normalized spacial score (nSPS) is 12.6. The van der Waals surface area contributed by atoms with Gasteiger partial charge in [0.2, 0.25) is 10.0 Å². The second-order valence-corrected chi connectivity index (χ2v) is 10.8. The summed E-state index contributed by atoms with van der Waals surface area (Å²) in [5.41, 5.74) is 1.63. The summed E-state index contributed by atoms with van der Waals surface area (Å²) in [5, 5.41) is 22.1. The van der Waals surface area contributed by atoms with Crippen LogP contribution >= 0.6 is 0 Å². The van der Waals surface area contributed by atoms with Gasteiger partial charge in [-0.1, -0.05) is 66.7 Å². The van der Waals surface area contributed by atoms with E-state index < -0.39 is 33.1 Å². The first-order chi connectivity index (χ1) is 20.2. The molecule has 0 saturated carbocycles. The summed E-state index contributed by atoms with van der Waals surface area (Å²) in [5.74, 6) is -0.427. The van der Waals surface area contributed by atoms with Crippen molar-refractivity contribution in [1.29, 1.82) is 0 Å². The van der Waals surface area contributed by atoms with Gasteiger partial charge in [-0.05, 0) is 41.0 Å². The fraction of sp³-hybridized carbons (Fsp3) is 0.167. The lowest BCUT2D eigenvalue weighted by atomic mass is 10.0. The number of nitro benzene ring substituents is 1. The van der Waals surface area contributed by atoms with Gasteiger partial charge in [0.25, 0.3) is 5.69 Å². The summed E-state index contributed by atoms with van der Waals surface area (Å²) in [6.07, 6.45) is -1.70. The second-order valence-electron chi connectivity index (χ2n) is 9.07. The molecule has 0 aliphatic carbocycles. The summed E-state index contributed by atoms with van der Waals surface area (Å²) < 4.78 is 45.0. The van der Waals surface area contributed by atoms with Crippen molar-refractivity contribution in [1.82, 2.24) is 4.72 Å². The average molecular weight is 593 g/mol. The summed E-state index contributed by atoms with van der Waals surface area (Å²) in [6.45, 7) is 0.416. The van der Waals surface area contributed by atoms with Gasteiger partial charge in [-0.15, -0.1) is 0 Å². The van der Waals surface area contributed by atoms with E-state index in [2.05, 4.69) is 4.72 Å². The minimum Gasteiger partial charge on any atom is -0.485 e. The first-order valence-electron chi connectivity index (χ1n) is 12.7. The number of carbonyl (C=O) groups is 1. The first-order valence-corrected chi connectivity index (χ1v) is 14.2. The molecule has 0 radical (unpaired) electrons. The molecule has 0 aliphatic rings. The van der Waals surface area contributed by atoms with Gasteiger partial charge in [-0.3, -0.25) is 14.9 Å². The zero-order chi connectivity index (χ0) is 30.1. The topological polar surface area (TPSA) is 154 Å². The van der Waals surface area contributed by atoms with E-state index in [4.69, 9.17) is 14.2 Å². The smallest absolute Gasteiger partial charge is 0.326 e. The molecule has 0 fully saturated rings. The van der Waals surface area contributed by atoms with Crippen LogP contribution in [0.5, 0.6) is 11.5 Å². The lowest BCUT2D eigenvalue weighted by molar-refractivity contribution is -0.384. The van der Waals surface area contributed by atoms with Gasteiger partial charge in [-0.25, -0.2) is 8.42 Å². The van der Waals surface area contributed by atoms with Crippen LogP contribution in [-0.2, 0) is 32.8 Å². The standard InChI is InChI=1S/C30H28N2O9S/c1-39-30(34)28(31-42(37,38)25-15-13-24(14-16-25)32(35)36)29(33)23-12-17-26(40-19-21-8-4-2-5-9-21)27(18-23)41-20-22-10-6-3-7-11-22/h2-18,28-29,31,33H,19-20H2,1H3. The molecule has 0 aliphatic heterocycles. The minimum absolute atomic E-state index is 0.145. The Bertz CT molecular complexity index is 1610. The van der Waals surface area contributed by atoms with Crippen LogP contribution in [0.25, 0.3) is 0 Å². The molecule has 0 spiro atoms. The Morgan fingerprint density at radius 2 is 1.40 bits per heavy atom. The van der Waals surface area contributed by atoms with Crippen molar-refractivity contribution in [3.8, 4) is 11.5 Å². The molecule has 12 heteroatoms. The fourth-order valence-electron chi connectivity index (χ4n) is 3.95. The maximum Gasteiger partial charge on any atom is 0.326 e. The van der Waals surface area contributed by atoms with Crippen molar-refractivity contribution in [2.24, 2.45) is 0 Å². The van der Waals surface area contributed by atoms with E-state index >= 15 is 0 Å². The molecule has 218 valence electrons. The first kappa shape index (κ1) is 30.2. The highest BCUT2D eigenvalue weighted by Crippen LogP contribution is 2.33. The van der Waals surface area contributed by atoms with Crippen molar-refractivity contribution < 1.29 is 37.5 Å². The van der Waals surface area contributed by atoms with Gasteiger partial charge < -0.3 is 19.3 Å². The number of carbonyl (C=O) groups excluding carboxylic acids is 1. The summed E-state index contributed by atoms with van der Waals surface area (Å²) in [6, 6.07) is 25.7. The van der Waals surface area contributed by atoms with Crippen LogP contribution in [0.15, 0.2) is 108 Å². The van der Waals surface area contributed by atoms with Gasteiger partial charge in [-0.2, -0.15) is 4.72 Å². The third-order valence-electron chi connectivity index (χ3n) is 6.19. The van der Waals surface area contributed by atoms with Crippen LogP contribution < -0.4 is 14.2 Å². The highest BCUT2D eigenvalue weighted by atomic mass is 32.2. The molecule has 0 heterocycles. The van der Waals surface area contributed by atoms with Crippen LogP contribution in [-0.4, -0.2) is 37.6 Å². The number of hydrogen-bond donors (Lipinski definition) is 2. The Morgan fingerprint density at radius 3 is 1.93 bits per heavy atom. The van der Waals surface area contributed by atoms with Gasteiger partial charge in [0, 0.05) is 12.1 Å². The number of ether oxygens (including phenoxy) is 3. The Labute approximate surface area is 242 Å². The molecular weight excluding hydrogens is 564 g/mol. The lowest BCUT2D eigenvalue weighted by Crippen LogP contribution is -2.45. The average Bonchev–Trinajstić information content (AvgIpc) is 3.02. The fourth-order valence-corrected chi connectivity index (χ4v) is 5.14. The lowest BCUT2D eigenvalue weighted by Gasteiger charge is -2.23. The van der Waals surface area contributed by atoms with Gasteiger partial charge in [0.05, 0.1) is 16.9 Å². The summed E-state index contributed by atoms with van der Waals surface area (Å²) in [4.78, 5) is 22.6. The number of esters is 1. The Balaban J connectivity index is 1.61. The number of methoxy groups -OCH3 is 1. The minimum atomic E-state index is -4.40. The Kier molecular flexibility index (Phi) is 9.86. The maximum absolute atomic E-state index is 13.0. The number of benzene rings is 4. The van der Waals surface area contributed by atoms with Gasteiger partial charge >= 0.3 is 5.97 Å². The second kappa shape index (κ2) is 13.7. The maximum atomic E-state index is 13.0. The Hall–Kier alpha value is -4.78. The number of rotatable bonds is 13. The molecule has 4 aromatic rings. The van der Waals surface area contributed by atoms with E-state index in [0.29, 0.717) is 5.75 Å². The van der Waals surface area contributed by atoms with Crippen molar-refractivity contribution in [2.45, 2.75) is 30.3 Å². The van der Waals surface area contributed by atoms with Crippen LogP contribution in [0, 0.1) is 10.1 Å². The van der Waals surface area contributed by atoms with Gasteiger partial charge in [0.15, 0.2) is 11.5 Å². The molecule has 42 heavy (non-hydrogen) atoms. The molecule has 2 atom stereocenters. The molecule has 0 bridgehead atoms. The zero-order valence-corrected chi connectivity index (χ0v) is 23.3. The quantitative estimate of drug-likeness (QED) is 0.131. The summed E-state index contributed by atoms with van der Waals surface area (Å²) in [7, 11) is -3.35. The zero-order valence-electron chi connectivity index (χ0n) is 22.5. The number of sulfonamides is 1. The highest BCUT2D eigenvalue weighted by Gasteiger charge is 2.34. The van der Waals surface area contributed by atoms with E-state index in [0.717, 1.165) is 42.5 Å². The van der Waals surface area contributed by atoms with Crippen molar-refractivity contribution >= 4 is 21.7 Å². The summed E-state index contributed by atoms with van der Waals surface area (Å²) >= 11 is 0. The van der Waals surface area contributed by atoms with E-state index in [-0.39, 0.29) is 35.1 Å². The molecule has 0 aromatic heterocycles. The number of nitrogens with one attached hydrogen (secondary N) is 1. The molecule has 4 aromatic carbocycles. The molecule has 11 nitrogen and oxygen atoms in total. The molecule has 4 rings (SSSR count). The molecular formula is C30H28N2O9S. The number of aliphatic hydroxyl groups is 1. The predicted octanol–water partition coefficient (Wildman–Crippen LogP) is 4.31. The van der Waals surface area contributed by atoms with E-state index in [1.807, 2.05) is 60.7 Å². The third-order valence-corrected chi connectivity index (χ3v) is 7.65. The number of nitrogens with zero attached hydrogens (tertiary/aromatic N) is 1. The van der Waals surface area contributed by atoms with E-state index in [9.17, 15) is 28.4 Å². The van der Waals surface area contributed by atoms with Crippen LogP contribution in [0.1, 0.15) is 22.8 Å². The number of nitro groups is 1. The monoisotopic (exact) mass is 592 g/mol. The molecule has 0 amide bonds. The number of hydrogen-bond acceptors (Lipinski definition) is 9. The number of non-ortho nitro benzene ring substituents is 1. The molecule has 2 N–H and O–H groups in total. The number of aliphatic hydroxyl groups excluding tert-OH is 1. The van der Waals surface area contributed by atoms with Crippen LogP contribution in [0.2, 0.25) is 0 Å². The van der Waals surface area contributed by atoms with E-state index in [1.54, 1.807) is 6.07 Å². The SMILES string of the molecule is COC(=O)C(NS(=O)(=O)c1ccc([N+](=O)[O-])cc1)C(O)c1ccc(OCc2ccccc2)c(OCc2ccccc2)c1. The van der Waals surface area contributed by atoms with Crippen molar-refractivity contribution in [3.63, 3.8) is 0 Å². The van der Waals surface area contributed by atoms with Crippen LogP contribution in [0.3, 0.4) is 0 Å². The highest BCUT2D eigenvalue weighted by molar-refractivity contribution is 7.89. The van der Waals surface area contributed by atoms with Crippen molar-refractivity contribution in [2.75, 3.05) is 7.11 Å². The van der Waals surface area contributed by atoms with Crippen molar-refractivity contribution in [3.05, 3.63) is 130 Å². The predicted molar refractivity (Wildman–Crippen MR) is 152 cm³/mol. The molecule has 0 saturated heterocycles.